The molecule has 6 saturated heterocycles. The first kappa shape index (κ1) is 25.4. The highest BCUT2D eigenvalue weighted by Crippen LogP contribution is 2.59. The van der Waals surface area contributed by atoms with E-state index in [-0.39, 0.29) is 42.2 Å². The van der Waals surface area contributed by atoms with Crippen molar-refractivity contribution in [1.82, 2.24) is 0 Å². The zero-order valence-electron chi connectivity index (χ0n) is 19.3. The highest BCUT2D eigenvalue weighted by molar-refractivity contribution is 14.1. The lowest BCUT2D eigenvalue weighted by molar-refractivity contribution is -0.304. The summed E-state index contributed by atoms with van der Waals surface area (Å²) in [5, 5.41) is -0.0759. The summed E-state index contributed by atoms with van der Waals surface area (Å²) in [6, 6.07) is 0. The Kier molecular flexibility index (Phi) is 7.38. The molecule has 34 heavy (non-hydrogen) atoms. The number of esters is 1. The molecule has 8 nitrogen and oxygen atoms in total. The molecule has 10 heteroatoms. The van der Waals surface area contributed by atoms with E-state index in [4.69, 9.17) is 44.8 Å². The van der Waals surface area contributed by atoms with Gasteiger partial charge in [-0.3, -0.25) is 4.79 Å². The summed E-state index contributed by atoms with van der Waals surface area (Å²) >= 11 is 8.79. The van der Waals surface area contributed by atoms with Crippen LogP contribution in [-0.4, -0.2) is 79.4 Å². The van der Waals surface area contributed by atoms with Gasteiger partial charge in [0.15, 0.2) is 5.79 Å². The molecule has 0 amide bonds. The van der Waals surface area contributed by atoms with Crippen LogP contribution in [0.25, 0.3) is 0 Å². The van der Waals surface area contributed by atoms with Crippen LogP contribution >= 0.6 is 34.2 Å². The number of methoxy groups -OCH3 is 1. The fourth-order valence-corrected chi connectivity index (χ4v) is 7.10. The average Bonchev–Trinajstić information content (AvgIpc) is 3.16. The molecule has 6 aliphatic rings. The molecule has 6 fully saturated rings. The zero-order valence-corrected chi connectivity index (χ0v) is 22.2. The van der Waals surface area contributed by atoms with E-state index in [0.717, 1.165) is 16.4 Å². The lowest BCUT2D eigenvalue weighted by atomic mass is 9.86. The van der Waals surface area contributed by atoms with Gasteiger partial charge in [-0.05, 0) is 51.9 Å². The second-order valence-electron chi connectivity index (χ2n) is 9.78. The second kappa shape index (κ2) is 9.89. The van der Waals surface area contributed by atoms with Crippen LogP contribution in [0.5, 0.6) is 0 Å². The first-order valence-electron chi connectivity index (χ1n) is 11.9. The predicted molar refractivity (Wildman–Crippen MR) is 131 cm³/mol. The van der Waals surface area contributed by atoms with Gasteiger partial charge >= 0.3 is 5.97 Å². The predicted octanol–water partition coefficient (Wildman–Crippen LogP) is 3.77. The Balaban J connectivity index is 1.40. The van der Waals surface area contributed by atoms with Crippen molar-refractivity contribution in [2.75, 3.05) is 13.7 Å². The standard InChI is InChI=1S/C24H32ClIO8/c1-4-9-29-24-12-23(8-7-14(25)10-13(2)26)32-19-18-16(6-5-15(30-18)11-17(27)28-3)31-21(20(19)33-24)22(24)34-23/h4,14-16,18-22H,1-2,5-12H2,3H3/t14?,15?,16-,18-,19-,20?,21?,22-,23+,24?/m0/s1. The van der Waals surface area contributed by atoms with Crippen LogP contribution in [0.2, 0.25) is 0 Å². The SMILES string of the molecule is C=CCOC12C[C@]3(CCC(Cl)CC(=C)I)O[C@@H]4C(O1)C(O[C@H]1CCC(CC(=O)OC)O[C@@H]14)[C@@H]2O3. The van der Waals surface area contributed by atoms with Crippen LogP contribution in [0.15, 0.2) is 22.8 Å². The number of allylic oxidation sites excluding steroid dienone is 1. The quantitative estimate of drug-likeness (QED) is 0.160. The van der Waals surface area contributed by atoms with E-state index in [1.165, 1.54) is 7.11 Å². The van der Waals surface area contributed by atoms with Gasteiger partial charge in [-0.1, -0.05) is 12.7 Å². The van der Waals surface area contributed by atoms with Crippen LogP contribution in [-0.2, 0) is 38.0 Å². The van der Waals surface area contributed by atoms with E-state index >= 15 is 0 Å². The third-order valence-corrected chi connectivity index (χ3v) is 8.23. The summed E-state index contributed by atoms with van der Waals surface area (Å²) in [4.78, 5) is 11.9. The molecule has 0 N–H and O–H groups in total. The van der Waals surface area contributed by atoms with Gasteiger partial charge in [0.1, 0.15) is 30.5 Å². The van der Waals surface area contributed by atoms with Crippen LogP contribution in [0.1, 0.15) is 44.9 Å². The number of hydrogen-bond acceptors (Lipinski definition) is 8. The Morgan fingerprint density at radius 2 is 2.00 bits per heavy atom. The van der Waals surface area contributed by atoms with Gasteiger partial charge in [0.25, 0.3) is 0 Å². The van der Waals surface area contributed by atoms with Crippen LogP contribution in [0.3, 0.4) is 0 Å². The number of halogens is 2. The summed E-state index contributed by atoms with van der Waals surface area (Å²) in [6.45, 7) is 8.08. The van der Waals surface area contributed by atoms with E-state index in [2.05, 4.69) is 35.7 Å². The number of alkyl halides is 1. The van der Waals surface area contributed by atoms with Gasteiger partial charge in [-0.2, -0.15) is 0 Å². The molecule has 0 radical (unpaired) electrons. The molecule has 0 saturated carbocycles. The van der Waals surface area contributed by atoms with E-state index < -0.39 is 29.9 Å². The summed E-state index contributed by atoms with van der Waals surface area (Å²) in [5.74, 6) is -2.18. The van der Waals surface area contributed by atoms with Crippen LogP contribution in [0, 0.1) is 0 Å². The van der Waals surface area contributed by atoms with E-state index in [0.29, 0.717) is 32.3 Å². The molecule has 0 aromatic heterocycles. The molecular formula is C24H32ClIO8. The normalized spacial score (nSPS) is 44.9. The van der Waals surface area contributed by atoms with Gasteiger partial charge in [0, 0.05) is 11.8 Å². The molecule has 6 rings (SSSR count). The molecule has 5 unspecified atom stereocenters. The largest absolute Gasteiger partial charge is 0.469 e. The van der Waals surface area contributed by atoms with Crippen molar-refractivity contribution >= 4 is 40.2 Å². The molecule has 0 aromatic rings. The molecule has 190 valence electrons. The fraction of sp³-hybridized carbons (Fsp3) is 0.792. The van der Waals surface area contributed by atoms with Crippen molar-refractivity contribution < 1.29 is 38.0 Å². The Morgan fingerprint density at radius 3 is 2.74 bits per heavy atom. The summed E-state index contributed by atoms with van der Waals surface area (Å²) < 4.78 is 44.9. The molecule has 0 aliphatic carbocycles. The number of hydrogen-bond donors (Lipinski definition) is 0. The minimum absolute atomic E-state index is 0.0759. The molecule has 6 aliphatic heterocycles. The Bertz CT molecular complexity index is 827. The van der Waals surface area contributed by atoms with Gasteiger partial charge in [0.2, 0.25) is 5.79 Å². The molecule has 0 spiro atoms. The minimum atomic E-state index is -0.966. The van der Waals surface area contributed by atoms with Gasteiger partial charge in [-0.25, -0.2) is 0 Å². The highest BCUT2D eigenvalue weighted by Gasteiger charge is 2.75. The van der Waals surface area contributed by atoms with Crippen molar-refractivity contribution in [3.63, 3.8) is 0 Å². The Labute approximate surface area is 218 Å². The van der Waals surface area contributed by atoms with Crippen LogP contribution in [0.4, 0.5) is 0 Å². The smallest absolute Gasteiger partial charge is 0.308 e. The monoisotopic (exact) mass is 610 g/mol. The summed E-state index contributed by atoms with van der Waals surface area (Å²) in [7, 11) is 1.39. The average molecular weight is 611 g/mol. The lowest BCUT2D eigenvalue weighted by Gasteiger charge is -2.47. The molecule has 0 aromatic carbocycles. The van der Waals surface area contributed by atoms with Crippen molar-refractivity contribution in [3.05, 3.63) is 22.8 Å². The third kappa shape index (κ3) is 4.60. The second-order valence-corrected chi connectivity index (χ2v) is 11.9. The molecule has 10 atom stereocenters. The molecule has 6 heterocycles. The first-order chi connectivity index (χ1) is 16.3. The maximum atomic E-state index is 11.9. The van der Waals surface area contributed by atoms with E-state index in [1.54, 1.807) is 6.08 Å². The van der Waals surface area contributed by atoms with Gasteiger partial charge in [0.05, 0.1) is 38.8 Å². The highest BCUT2D eigenvalue weighted by atomic mass is 127. The Morgan fingerprint density at radius 1 is 1.21 bits per heavy atom. The number of rotatable bonds is 10. The van der Waals surface area contributed by atoms with Gasteiger partial charge in [-0.15, -0.1) is 18.2 Å². The van der Waals surface area contributed by atoms with Crippen molar-refractivity contribution in [2.45, 2.75) is 105 Å². The Hall–Kier alpha value is -0.270. The van der Waals surface area contributed by atoms with Crippen molar-refractivity contribution in [2.24, 2.45) is 0 Å². The third-order valence-electron chi connectivity index (χ3n) is 7.42. The maximum Gasteiger partial charge on any atom is 0.308 e. The topological polar surface area (TPSA) is 81.7 Å². The lowest BCUT2D eigenvalue weighted by Crippen LogP contribution is -2.61. The van der Waals surface area contributed by atoms with Crippen molar-refractivity contribution in [3.8, 4) is 0 Å². The number of ether oxygens (including phenoxy) is 7. The minimum Gasteiger partial charge on any atom is -0.469 e. The van der Waals surface area contributed by atoms with Crippen LogP contribution < -0.4 is 0 Å². The van der Waals surface area contributed by atoms with Crippen molar-refractivity contribution in [1.29, 1.82) is 0 Å². The van der Waals surface area contributed by atoms with Gasteiger partial charge < -0.3 is 33.2 Å². The fourth-order valence-electron chi connectivity index (χ4n) is 6.02. The molecular weight excluding hydrogens is 579 g/mol. The number of carbonyl (C=O) groups excluding carboxylic acids is 1. The molecule has 6 bridgehead atoms. The van der Waals surface area contributed by atoms with E-state index in [9.17, 15) is 4.79 Å². The number of carbonyl (C=O) groups is 1. The summed E-state index contributed by atoms with van der Waals surface area (Å²) in [6.07, 6.45) is 3.48. The zero-order chi connectivity index (χ0) is 24.1. The maximum absolute atomic E-state index is 11.9. The summed E-state index contributed by atoms with van der Waals surface area (Å²) in [5.41, 5.74) is 0. The number of fused-ring (bicyclic) bond motifs is 1. The van der Waals surface area contributed by atoms with E-state index in [1.807, 2.05) is 0 Å². The first-order valence-corrected chi connectivity index (χ1v) is 13.4.